The van der Waals surface area contributed by atoms with Crippen molar-refractivity contribution in [3.8, 4) is 0 Å². The number of likely N-dealkylation sites (N-methyl/N-ethyl adjacent to an activating group) is 1. The van der Waals surface area contributed by atoms with Crippen LogP contribution in [-0.4, -0.2) is 43.5 Å². The predicted octanol–water partition coefficient (Wildman–Crippen LogP) is 1.36. The number of hydrogen-bond donors (Lipinski definition) is 1. The van der Waals surface area contributed by atoms with E-state index in [1.54, 1.807) is 0 Å². The molecule has 3 heteroatoms. The van der Waals surface area contributed by atoms with Gasteiger partial charge in [-0.2, -0.15) is 0 Å². The molecule has 0 aliphatic carbocycles. The zero-order chi connectivity index (χ0) is 10.4. The Morgan fingerprint density at radius 2 is 2.29 bits per heavy atom. The molecule has 82 valence electrons. The molecule has 0 aromatic carbocycles. The highest BCUT2D eigenvalue weighted by Crippen LogP contribution is 1.99. The lowest BCUT2D eigenvalue weighted by Gasteiger charge is -2.25. The molecule has 0 saturated heterocycles. The van der Waals surface area contributed by atoms with Crippen molar-refractivity contribution in [1.82, 2.24) is 10.2 Å². The number of aliphatic imine (C=N–C) groups is 1. The fourth-order valence-corrected chi connectivity index (χ4v) is 1.72. The quantitative estimate of drug-likeness (QED) is 0.720. The summed E-state index contributed by atoms with van der Waals surface area (Å²) in [6.07, 6.45) is 1.18. The summed E-state index contributed by atoms with van der Waals surface area (Å²) in [5.74, 6) is 1.91. The minimum atomic E-state index is 0.735. The molecule has 1 aliphatic heterocycles. The van der Waals surface area contributed by atoms with Gasteiger partial charge in [0.2, 0.25) is 0 Å². The van der Waals surface area contributed by atoms with E-state index in [1.165, 1.54) is 12.3 Å². The van der Waals surface area contributed by atoms with Gasteiger partial charge in [0.15, 0.2) is 0 Å². The smallest absolute Gasteiger partial charge is 0.111 e. The van der Waals surface area contributed by atoms with E-state index in [0.29, 0.717) is 0 Å². The summed E-state index contributed by atoms with van der Waals surface area (Å²) in [4.78, 5) is 6.93. The molecule has 0 saturated carbocycles. The lowest BCUT2D eigenvalue weighted by molar-refractivity contribution is 0.287. The Kier molecular flexibility index (Phi) is 4.94. The molecule has 0 spiro atoms. The van der Waals surface area contributed by atoms with Gasteiger partial charge in [0.1, 0.15) is 5.84 Å². The molecule has 14 heavy (non-hydrogen) atoms. The van der Waals surface area contributed by atoms with Crippen molar-refractivity contribution in [2.24, 2.45) is 10.9 Å². The van der Waals surface area contributed by atoms with E-state index in [9.17, 15) is 0 Å². The van der Waals surface area contributed by atoms with Gasteiger partial charge in [0.25, 0.3) is 0 Å². The average Bonchev–Trinajstić information content (AvgIpc) is 2.17. The summed E-state index contributed by atoms with van der Waals surface area (Å²) in [6, 6.07) is 0. The topological polar surface area (TPSA) is 27.6 Å². The fourth-order valence-electron chi connectivity index (χ4n) is 1.72. The third kappa shape index (κ3) is 4.09. The second-order valence-corrected chi connectivity index (χ2v) is 4.33. The molecule has 0 fully saturated rings. The second kappa shape index (κ2) is 6.02. The Morgan fingerprint density at radius 3 is 2.79 bits per heavy atom. The van der Waals surface area contributed by atoms with Gasteiger partial charge in [-0.25, -0.2) is 0 Å². The molecule has 1 heterocycles. The molecule has 0 unspecified atom stereocenters. The Morgan fingerprint density at radius 1 is 1.50 bits per heavy atom. The van der Waals surface area contributed by atoms with E-state index in [1.807, 2.05) is 0 Å². The monoisotopic (exact) mass is 197 g/mol. The minimum Gasteiger partial charge on any atom is -0.373 e. The summed E-state index contributed by atoms with van der Waals surface area (Å²) in [7, 11) is 0. The Labute approximate surface area is 87.6 Å². The molecule has 0 atom stereocenters. The first-order chi connectivity index (χ1) is 6.72. The highest BCUT2D eigenvalue weighted by atomic mass is 15.2. The average molecular weight is 197 g/mol. The van der Waals surface area contributed by atoms with Gasteiger partial charge in [-0.15, -0.1) is 0 Å². The summed E-state index contributed by atoms with van der Waals surface area (Å²) in [5, 5.41) is 3.37. The molecular weight excluding hydrogens is 174 g/mol. The van der Waals surface area contributed by atoms with Gasteiger partial charge < -0.3 is 5.32 Å². The van der Waals surface area contributed by atoms with Crippen LogP contribution < -0.4 is 5.32 Å². The van der Waals surface area contributed by atoms with Gasteiger partial charge in [0, 0.05) is 19.6 Å². The number of amidine groups is 1. The summed E-state index contributed by atoms with van der Waals surface area (Å²) >= 11 is 0. The van der Waals surface area contributed by atoms with Gasteiger partial charge in [-0.1, -0.05) is 20.8 Å². The van der Waals surface area contributed by atoms with Crippen molar-refractivity contribution in [1.29, 1.82) is 0 Å². The van der Waals surface area contributed by atoms with Gasteiger partial charge >= 0.3 is 0 Å². The molecule has 1 aliphatic rings. The number of nitrogens with one attached hydrogen (secondary N) is 1. The molecule has 0 bridgehead atoms. The van der Waals surface area contributed by atoms with E-state index in [4.69, 9.17) is 0 Å². The Hall–Kier alpha value is -0.570. The number of hydrogen-bond acceptors (Lipinski definition) is 3. The first-order valence-electron chi connectivity index (χ1n) is 5.72. The van der Waals surface area contributed by atoms with Crippen LogP contribution in [0.3, 0.4) is 0 Å². The van der Waals surface area contributed by atoms with Crippen molar-refractivity contribution < 1.29 is 0 Å². The lowest BCUT2D eigenvalue weighted by atomic mass is 10.2. The zero-order valence-electron chi connectivity index (χ0n) is 9.71. The summed E-state index contributed by atoms with van der Waals surface area (Å²) in [6.45, 7) is 12.1. The third-order valence-electron chi connectivity index (χ3n) is 2.41. The van der Waals surface area contributed by atoms with Crippen LogP contribution in [0.2, 0.25) is 0 Å². The first kappa shape index (κ1) is 11.5. The maximum Gasteiger partial charge on any atom is 0.111 e. The van der Waals surface area contributed by atoms with Crippen molar-refractivity contribution in [3.63, 3.8) is 0 Å². The fraction of sp³-hybridized carbons (Fsp3) is 0.909. The molecular formula is C11H23N3. The normalized spacial score (nSPS) is 17.1. The van der Waals surface area contributed by atoms with E-state index in [0.717, 1.165) is 38.6 Å². The zero-order valence-corrected chi connectivity index (χ0v) is 9.71. The molecule has 0 aromatic heterocycles. The van der Waals surface area contributed by atoms with E-state index in [-0.39, 0.29) is 0 Å². The first-order valence-corrected chi connectivity index (χ1v) is 5.72. The van der Waals surface area contributed by atoms with Crippen LogP contribution >= 0.6 is 0 Å². The summed E-state index contributed by atoms with van der Waals surface area (Å²) < 4.78 is 0. The van der Waals surface area contributed by atoms with Crippen LogP contribution in [0, 0.1) is 5.92 Å². The van der Waals surface area contributed by atoms with Crippen LogP contribution in [0.4, 0.5) is 0 Å². The van der Waals surface area contributed by atoms with Crippen LogP contribution in [0.15, 0.2) is 4.99 Å². The molecule has 0 radical (unpaired) electrons. The van der Waals surface area contributed by atoms with Gasteiger partial charge in [0.05, 0.1) is 6.54 Å². The lowest BCUT2D eigenvalue weighted by Crippen LogP contribution is -2.41. The maximum atomic E-state index is 4.49. The predicted molar refractivity (Wildman–Crippen MR) is 61.9 cm³/mol. The van der Waals surface area contributed by atoms with Crippen LogP contribution in [0.5, 0.6) is 0 Å². The molecule has 0 amide bonds. The molecule has 0 aromatic rings. The standard InChI is InChI=1S/C11H23N3/c1-4-14(8-10(2)3)9-11-12-6-5-7-13-11/h10H,4-9H2,1-3H3,(H,12,13). The highest BCUT2D eigenvalue weighted by molar-refractivity contribution is 5.84. The summed E-state index contributed by atoms with van der Waals surface area (Å²) in [5.41, 5.74) is 0. The van der Waals surface area contributed by atoms with Gasteiger partial charge in [-0.3, -0.25) is 9.89 Å². The van der Waals surface area contributed by atoms with Crippen LogP contribution in [-0.2, 0) is 0 Å². The number of rotatable bonds is 5. The largest absolute Gasteiger partial charge is 0.373 e. The maximum absolute atomic E-state index is 4.49. The number of nitrogens with zero attached hydrogens (tertiary/aromatic N) is 2. The Bertz CT molecular complexity index is 187. The van der Waals surface area contributed by atoms with Crippen molar-refractivity contribution in [2.75, 3.05) is 32.7 Å². The van der Waals surface area contributed by atoms with E-state index in [2.05, 4.69) is 36.0 Å². The SMILES string of the molecule is CCN(CC1=NCCCN1)CC(C)C. The molecule has 1 N–H and O–H groups in total. The van der Waals surface area contributed by atoms with Crippen molar-refractivity contribution in [3.05, 3.63) is 0 Å². The van der Waals surface area contributed by atoms with Crippen LogP contribution in [0.1, 0.15) is 27.2 Å². The highest BCUT2D eigenvalue weighted by Gasteiger charge is 2.10. The van der Waals surface area contributed by atoms with E-state index < -0.39 is 0 Å². The minimum absolute atomic E-state index is 0.735. The van der Waals surface area contributed by atoms with Gasteiger partial charge in [-0.05, 0) is 18.9 Å². The Balaban J connectivity index is 2.35. The van der Waals surface area contributed by atoms with Crippen LogP contribution in [0.25, 0.3) is 0 Å². The second-order valence-electron chi connectivity index (χ2n) is 4.33. The third-order valence-corrected chi connectivity index (χ3v) is 2.41. The molecule has 1 rings (SSSR count). The van der Waals surface area contributed by atoms with Crippen molar-refractivity contribution >= 4 is 5.84 Å². The molecule has 3 nitrogen and oxygen atoms in total. The van der Waals surface area contributed by atoms with Crippen molar-refractivity contribution in [2.45, 2.75) is 27.2 Å². The van der Waals surface area contributed by atoms with E-state index >= 15 is 0 Å².